The van der Waals surface area contributed by atoms with Gasteiger partial charge in [0.1, 0.15) is 11.5 Å². The first-order chi connectivity index (χ1) is 10.6. The van der Waals surface area contributed by atoms with Crippen LogP contribution >= 0.6 is 0 Å². The van der Waals surface area contributed by atoms with Crippen molar-refractivity contribution in [1.29, 1.82) is 5.26 Å². The van der Waals surface area contributed by atoms with Gasteiger partial charge in [-0.05, 0) is 38.0 Å². The van der Waals surface area contributed by atoms with Crippen LogP contribution in [0.25, 0.3) is 0 Å². The highest BCUT2D eigenvalue weighted by Crippen LogP contribution is 2.45. The molecule has 6 heteroatoms. The van der Waals surface area contributed by atoms with Crippen molar-refractivity contribution in [2.24, 2.45) is 10.8 Å². The SMILES string of the molecule is CC(=O)C1CCCN1C(=O)C(NC(=O)C1(C#N)CC1)C(C)(C)C. The van der Waals surface area contributed by atoms with Crippen molar-refractivity contribution in [3.05, 3.63) is 0 Å². The third kappa shape index (κ3) is 3.39. The van der Waals surface area contributed by atoms with Crippen LogP contribution in [-0.4, -0.2) is 41.1 Å². The van der Waals surface area contributed by atoms with Crippen LogP contribution in [0.5, 0.6) is 0 Å². The largest absolute Gasteiger partial charge is 0.342 e. The van der Waals surface area contributed by atoms with E-state index < -0.39 is 22.9 Å². The van der Waals surface area contributed by atoms with Gasteiger partial charge in [-0.2, -0.15) is 5.26 Å². The maximum absolute atomic E-state index is 13.0. The number of carbonyl (C=O) groups is 3. The lowest BCUT2D eigenvalue weighted by Crippen LogP contribution is -2.57. The van der Waals surface area contributed by atoms with Crippen molar-refractivity contribution in [3.8, 4) is 6.07 Å². The summed E-state index contributed by atoms with van der Waals surface area (Å²) < 4.78 is 0. The Morgan fingerprint density at radius 3 is 2.35 bits per heavy atom. The second kappa shape index (κ2) is 5.95. The van der Waals surface area contributed by atoms with E-state index in [1.165, 1.54) is 6.92 Å². The van der Waals surface area contributed by atoms with E-state index in [-0.39, 0.29) is 17.6 Å². The molecule has 0 bridgehead atoms. The molecule has 0 spiro atoms. The molecule has 1 aliphatic heterocycles. The van der Waals surface area contributed by atoms with Gasteiger partial charge in [-0.15, -0.1) is 0 Å². The fourth-order valence-corrected chi connectivity index (χ4v) is 3.05. The minimum atomic E-state index is -0.964. The molecular weight excluding hydrogens is 294 g/mol. The van der Waals surface area contributed by atoms with Gasteiger partial charge in [0, 0.05) is 6.54 Å². The number of carbonyl (C=O) groups excluding carboxylic acids is 3. The van der Waals surface area contributed by atoms with E-state index in [2.05, 4.69) is 11.4 Å². The third-order valence-electron chi connectivity index (χ3n) is 4.79. The summed E-state index contributed by atoms with van der Waals surface area (Å²) >= 11 is 0. The summed E-state index contributed by atoms with van der Waals surface area (Å²) in [5.41, 5.74) is -1.46. The second-order valence-electron chi connectivity index (χ2n) is 7.77. The standard InChI is InChI=1S/C17H25N3O3/c1-11(21)12-6-5-9-20(12)14(22)13(16(2,3)4)19-15(23)17(10-18)7-8-17/h12-13H,5-9H2,1-4H3,(H,19,23). The zero-order valence-corrected chi connectivity index (χ0v) is 14.3. The summed E-state index contributed by atoms with van der Waals surface area (Å²) in [6.07, 6.45) is 2.55. The molecule has 2 atom stereocenters. The van der Waals surface area contributed by atoms with E-state index in [0.717, 1.165) is 6.42 Å². The molecule has 1 N–H and O–H groups in total. The monoisotopic (exact) mass is 319 g/mol. The van der Waals surface area contributed by atoms with Crippen LogP contribution in [-0.2, 0) is 14.4 Å². The molecule has 1 heterocycles. The van der Waals surface area contributed by atoms with Crippen LogP contribution in [0.3, 0.4) is 0 Å². The normalized spacial score (nSPS) is 23.8. The molecule has 2 rings (SSSR count). The van der Waals surface area contributed by atoms with Gasteiger partial charge in [0.2, 0.25) is 11.8 Å². The summed E-state index contributed by atoms with van der Waals surface area (Å²) in [5, 5.41) is 11.9. The number of hydrogen-bond acceptors (Lipinski definition) is 4. The zero-order valence-electron chi connectivity index (χ0n) is 14.3. The van der Waals surface area contributed by atoms with Gasteiger partial charge >= 0.3 is 0 Å². The van der Waals surface area contributed by atoms with Crippen molar-refractivity contribution in [1.82, 2.24) is 10.2 Å². The Morgan fingerprint density at radius 1 is 1.30 bits per heavy atom. The number of likely N-dealkylation sites (tertiary alicyclic amines) is 1. The van der Waals surface area contributed by atoms with Crippen LogP contribution < -0.4 is 5.32 Å². The van der Waals surface area contributed by atoms with E-state index in [9.17, 15) is 14.4 Å². The Bertz CT molecular complexity index is 567. The highest BCUT2D eigenvalue weighted by atomic mass is 16.2. The predicted octanol–water partition coefficient (Wildman–Crippen LogP) is 1.40. The van der Waals surface area contributed by atoms with Crippen LogP contribution in [0.15, 0.2) is 0 Å². The second-order valence-corrected chi connectivity index (χ2v) is 7.77. The van der Waals surface area contributed by atoms with Gasteiger partial charge in [0.15, 0.2) is 5.78 Å². The summed E-state index contributed by atoms with van der Waals surface area (Å²) in [7, 11) is 0. The van der Waals surface area contributed by atoms with Gasteiger partial charge in [0.25, 0.3) is 0 Å². The van der Waals surface area contributed by atoms with Gasteiger partial charge in [-0.1, -0.05) is 20.8 Å². The Balaban J connectivity index is 2.19. The Morgan fingerprint density at radius 2 is 1.91 bits per heavy atom. The van der Waals surface area contributed by atoms with Crippen molar-refractivity contribution in [3.63, 3.8) is 0 Å². The van der Waals surface area contributed by atoms with Crippen LogP contribution in [0, 0.1) is 22.2 Å². The number of nitriles is 1. The van der Waals surface area contributed by atoms with E-state index in [0.29, 0.717) is 25.8 Å². The number of Topliss-reactive ketones (excluding diaryl/α,β-unsaturated/α-hetero) is 1. The number of nitrogens with zero attached hydrogens (tertiary/aromatic N) is 2. The Labute approximate surface area is 137 Å². The molecule has 2 unspecified atom stereocenters. The van der Waals surface area contributed by atoms with Crippen molar-refractivity contribution >= 4 is 17.6 Å². The number of ketones is 1. The lowest BCUT2D eigenvalue weighted by atomic mass is 9.85. The molecule has 2 fully saturated rings. The number of hydrogen-bond donors (Lipinski definition) is 1. The zero-order chi connectivity index (χ0) is 17.4. The molecule has 1 aliphatic carbocycles. The fraction of sp³-hybridized carbons (Fsp3) is 0.765. The fourth-order valence-electron chi connectivity index (χ4n) is 3.05. The van der Waals surface area contributed by atoms with Crippen molar-refractivity contribution < 1.29 is 14.4 Å². The maximum Gasteiger partial charge on any atom is 0.246 e. The van der Waals surface area contributed by atoms with Gasteiger partial charge < -0.3 is 10.2 Å². The van der Waals surface area contributed by atoms with Crippen molar-refractivity contribution in [2.45, 2.75) is 65.5 Å². The van der Waals surface area contributed by atoms with Crippen molar-refractivity contribution in [2.75, 3.05) is 6.54 Å². The average Bonchev–Trinajstić information content (AvgIpc) is 3.10. The lowest BCUT2D eigenvalue weighted by molar-refractivity contribution is -0.143. The molecule has 1 saturated carbocycles. The van der Waals surface area contributed by atoms with Crippen LogP contribution in [0.1, 0.15) is 53.4 Å². The molecule has 2 amide bonds. The topological polar surface area (TPSA) is 90.3 Å². The first kappa shape index (κ1) is 17.5. The van der Waals surface area contributed by atoms with E-state index in [1.807, 2.05) is 20.8 Å². The molecule has 23 heavy (non-hydrogen) atoms. The highest BCUT2D eigenvalue weighted by Gasteiger charge is 2.52. The number of nitrogens with one attached hydrogen (secondary N) is 1. The highest BCUT2D eigenvalue weighted by molar-refractivity contribution is 5.95. The molecule has 6 nitrogen and oxygen atoms in total. The summed E-state index contributed by atoms with van der Waals surface area (Å²) in [6.45, 7) is 7.66. The molecule has 0 aromatic rings. The number of amides is 2. The van der Waals surface area contributed by atoms with Crippen LogP contribution in [0.2, 0.25) is 0 Å². The summed E-state index contributed by atoms with van der Waals surface area (Å²) in [5.74, 6) is -0.616. The van der Waals surface area contributed by atoms with E-state index in [1.54, 1.807) is 4.90 Å². The quantitative estimate of drug-likeness (QED) is 0.848. The molecular formula is C17H25N3O3. The van der Waals surface area contributed by atoms with Gasteiger partial charge in [0.05, 0.1) is 12.1 Å². The molecule has 2 aliphatic rings. The minimum Gasteiger partial charge on any atom is -0.342 e. The smallest absolute Gasteiger partial charge is 0.246 e. The minimum absolute atomic E-state index is 0.0227. The first-order valence-electron chi connectivity index (χ1n) is 8.15. The van der Waals surface area contributed by atoms with E-state index in [4.69, 9.17) is 5.26 Å². The van der Waals surface area contributed by atoms with E-state index >= 15 is 0 Å². The predicted molar refractivity (Wildman–Crippen MR) is 84.1 cm³/mol. The third-order valence-corrected chi connectivity index (χ3v) is 4.79. The average molecular weight is 319 g/mol. The maximum atomic E-state index is 13.0. The first-order valence-corrected chi connectivity index (χ1v) is 8.15. The molecule has 1 saturated heterocycles. The van der Waals surface area contributed by atoms with Gasteiger partial charge in [-0.3, -0.25) is 14.4 Å². The lowest BCUT2D eigenvalue weighted by Gasteiger charge is -2.35. The summed E-state index contributed by atoms with van der Waals surface area (Å²) in [4.78, 5) is 38.7. The molecule has 0 aromatic heterocycles. The molecule has 0 aromatic carbocycles. The Kier molecular flexibility index (Phi) is 4.52. The summed E-state index contributed by atoms with van der Waals surface area (Å²) in [6, 6.07) is 0.925. The van der Waals surface area contributed by atoms with Crippen LogP contribution in [0.4, 0.5) is 0 Å². The molecule has 126 valence electrons. The number of rotatable bonds is 4. The Hall–Kier alpha value is -1.90. The van der Waals surface area contributed by atoms with Gasteiger partial charge in [-0.25, -0.2) is 0 Å². The molecule has 0 radical (unpaired) electrons.